The van der Waals surface area contributed by atoms with Crippen LogP contribution in [0.4, 0.5) is 0 Å². The van der Waals surface area contributed by atoms with Crippen LogP contribution in [0.15, 0.2) is 182 Å². The predicted octanol–water partition coefficient (Wildman–Crippen LogP) is 18.3. The Morgan fingerprint density at radius 2 is 0.651 bits per heavy atom. The van der Waals surface area contributed by atoms with Gasteiger partial charge in [-0.3, -0.25) is 9.59 Å². The monoisotopic (exact) mass is 1150 g/mol. The van der Waals surface area contributed by atoms with E-state index in [1.54, 1.807) is 0 Å². The van der Waals surface area contributed by atoms with E-state index in [9.17, 15) is 19.5 Å². The molecule has 0 aromatic rings. The average Bonchev–Trinajstić information content (AvgIpc) is 3.46. The highest BCUT2D eigenvalue weighted by molar-refractivity contribution is 5.70. The number of carboxylic acids is 1. The fourth-order valence-electron chi connectivity index (χ4n) is 7.82. The standard InChI is InChI=1S/C74H115NO8/c1-6-8-10-12-14-16-18-20-22-24-26-28-30-32-34-35-36-37-39-40-42-44-46-48-50-52-54-56-58-60-62-64-71(76)81-68-70(69-82-74(73(78)79)80-67-66-75(3,4)5)83-72(77)65-63-61-59-57-55-53-51-49-47-45-43-41-38-33-31-29-27-25-23-21-19-17-15-13-11-9-7-2/h8-11,14-17,20-23,26-29,32-34,36-38,40,42-43,45,49,51,55,57,70,74H,6-7,12-13,18-19,24-25,30-31,35,39,41,44,46-48,50,52-54,56,58-69H2,1-5H3/b10-8-,11-9-,16-14-,17-15-,22-20-,23-21-,28-26-,29-27-,34-32-,37-36-,38-33-,42-40-,45-43-,51-49-,57-55-. The maximum absolute atomic E-state index is 12.9. The van der Waals surface area contributed by atoms with Crippen molar-refractivity contribution in [2.24, 2.45) is 0 Å². The number of ether oxygens (including phenoxy) is 4. The summed E-state index contributed by atoms with van der Waals surface area (Å²) in [5.41, 5.74) is 0. The molecule has 2 atom stereocenters. The Balaban J connectivity index is 4.34. The third-order valence-electron chi connectivity index (χ3n) is 12.6. The number of carbonyl (C=O) groups is 3. The van der Waals surface area contributed by atoms with Gasteiger partial charge in [0.2, 0.25) is 0 Å². The van der Waals surface area contributed by atoms with Gasteiger partial charge in [0.15, 0.2) is 12.4 Å². The summed E-state index contributed by atoms with van der Waals surface area (Å²) in [4.78, 5) is 37.4. The fraction of sp³-hybridized carbons (Fsp3) is 0.554. The van der Waals surface area contributed by atoms with E-state index in [0.717, 1.165) is 135 Å². The molecule has 9 nitrogen and oxygen atoms in total. The van der Waals surface area contributed by atoms with Crippen molar-refractivity contribution in [3.63, 3.8) is 0 Å². The van der Waals surface area contributed by atoms with Crippen LogP contribution in [0.5, 0.6) is 0 Å². The zero-order valence-corrected chi connectivity index (χ0v) is 52.7. The minimum atomic E-state index is -1.65. The third kappa shape index (κ3) is 63.8. The number of esters is 2. The molecule has 0 amide bonds. The van der Waals surface area contributed by atoms with Crippen LogP contribution in [0.3, 0.4) is 0 Å². The van der Waals surface area contributed by atoms with E-state index in [-0.39, 0.29) is 38.6 Å². The number of hydrogen-bond acceptors (Lipinski definition) is 8. The highest BCUT2D eigenvalue weighted by Crippen LogP contribution is 2.14. The third-order valence-corrected chi connectivity index (χ3v) is 12.6. The topological polar surface area (TPSA) is 111 Å². The van der Waals surface area contributed by atoms with E-state index in [0.29, 0.717) is 23.9 Å². The first-order valence-corrected chi connectivity index (χ1v) is 31.9. The molecule has 0 N–H and O–H groups in total. The number of nitrogens with zero attached hydrogens (tertiary/aromatic N) is 1. The largest absolute Gasteiger partial charge is 0.545 e. The lowest BCUT2D eigenvalue weighted by Crippen LogP contribution is -2.44. The molecule has 0 aliphatic heterocycles. The van der Waals surface area contributed by atoms with E-state index in [2.05, 4.69) is 196 Å². The summed E-state index contributed by atoms with van der Waals surface area (Å²) in [6.45, 7) is 4.43. The van der Waals surface area contributed by atoms with Gasteiger partial charge in [0.05, 0.1) is 40.3 Å². The summed E-state index contributed by atoms with van der Waals surface area (Å²) in [5, 5.41) is 11.8. The van der Waals surface area contributed by atoms with Gasteiger partial charge in [-0.2, -0.15) is 0 Å². The van der Waals surface area contributed by atoms with E-state index < -0.39 is 24.3 Å². The average molecular weight is 1150 g/mol. The molecule has 0 spiro atoms. The first-order chi connectivity index (χ1) is 40.6. The van der Waals surface area contributed by atoms with Gasteiger partial charge in [-0.1, -0.05) is 241 Å². The summed E-state index contributed by atoms with van der Waals surface area (Å²) in [7, 11) is 5.89. The molecule has 9 heteroatoms. The van der Waals surface area contributed by atoms with Crippen LogP contribution in [0, 0.1) is 0 Å². The number of carbonyl (C=O) groups excluding carboxylic acids is 3. The minimum Gasteiger partial charge on any atom is -0.545 e. The van der Waals surface area contributed by atoms with Gasteiger partial charge in [0.25, 0.3) is 0 Å². The lowest BCUT2D eigenvalue weighted by atomic mass is 10.1. The zero-order valence-electron chi connectivity index (χ0n) is 52.7. The highest BCUT2D eigenvalue weighted by atomic mass is 16.7. The summed E-state index contributed by atoms with van der Waals surface area (Å²) in [6, 6.07) is 0. The van der Waals surface area contributed by atoms with Crippen LogP contribution < -0.4 is 5.11 Å². The summed E-state index contributed by atoms with van der Waals surface area (Å²) < 4.78 is 22.7. The second kappa shape index (κ2) is 62.4. The van der Waals surface area contributed by atoms with E-state index in [1.165, 1.54) is 32.1 Å². The van der Waals surface area contributed by atoms with E-state index in [1.807, 2.05) is 21.1 Å². The molecular formula is C74H115NO8. The van der Waals surface area contributed by atoms with Crippen molar-refractivity contribution in [2.75, 3.05) is 47.5 Å². The van der Waals surface area contributed by atoms with Crippen LogP contribution in [0.1, 0.15) is 206 Å². The van der Waals surface area contributed by atoms with Crippen molar-refractivity contribution < 1.29 is 42.9 Å². The van der Waals surface area contributed by atoms with Crippen molar-refractivity contribution in [2.45, 2.75) is 219 Å². The first-order valence-electron chi connectivity index (χ1n) is 31.9. The highest BCUT2D eigenvalue weighted by Gasteiger charge is 2.22. The number of hydrogen-bond donors (Lipinski definition) is 0. The maximum Gasteiger partial charge on any atom is 0.306 e. The Kier molecular flexibility index (Phi) is 58.2. The van der Waals surface area contributed by atoms with Crippen molar-refractivity contribution in [3.8, 4) is 0 Å². The minimum absolute atomic E-state index is 0.127. The number of unbranched alkanes of at least 4 members (excludes halogenated alkanes) is 11. The zero-order chi connectivity index (χ0) is 60.5. The van der Waals surface area contributed by atoms with Crippen LogP contribution in [0.2, 0.25) is 0 Å². The second-order valence-corrected chi connectivity index (χ2v) is 21.6. The Morgan fingerprint density at radius 3 is 0.988 bits per heavy atom. The summed E-state index contributed by atoms with van der Waals surface area (Å²) >= 11 is 0. The summed E-state index contributed by atoms with van der Waals surface area (Å²) in [5.74, 6) is -2.38. The molecule has 0 aliphatic rings. The molecular weight excluding hydrogens is 1030 g/mol. The van der Waals surface area contributed by atoms with Gasteiger partial charge in [0, 0.05) is 12.8 Å². The Hall–Kier alpha value is -5.61. The summed E-state index contributed by atoms with van der Waals surface area (Å²) in [6.07, 6.45) is 92.3. The number of quaternary nitrogens is 1. The number of rotatable bonds is 56. The molecule has 0 saturated heterocycles. The molecule has 0 bridgehead atoms. The number of allylic oxidation sites excluding steroid dienone is 30. The lowest BCUT2D eigenvalue weighted by Gasteiger charge is -2.26. The number of likely N-dealkylation sites (N-methyl/N-ethyl adjacent to an activating group) is 1. The molecule has 0 aromatic carbocycles. The predicted molar refractivity (Wildman–Crippen MR) is 351 cm³/mol. The Bertz CT molecular complexity index is 2010. The van der Waals surface area contributed by atoms with Gasteiger partial charge in [0.1, 0.15) is 13.2 Å². The van der Waals surface area contributed by atoms with Crippen LogP contribution in [-0.4, -0.2) is 82.3 Å². The van der Waals surface area contributed by atoms with Gasteiger partial charge in [-0.25, -0.2) is 0 Å². The maximum atomic E-state index is 12.9. The molecule has 464 valence electrons. The van der Waals surface area contributed by atoms with Crippen molar-refractivity contribution in [3.05, 3.63) is 182 Å². The molecule has 0 aliphatic carbocycles. The quantitative estimate of drug-likeness (QED) is 0.0195. The smallest absolute Gasteiger partial charge is 0.306 e. The number of carboxylic acid groups (broad SMARTS) is 1. The molecule has 0 aromatic heterocycles. The molecule has 0 rings (SSSR count). The second-order valence-electron chi connectivity index (χ2n) is 21.6. The SMILES string of the molecule is CC/C=C\C/C=C\C/C=C\C/C=C\C/C=C\C/C=C\C/C=C\C/C=C\CCCCC(=O)OC(COC(=O)CCCCCCCCCCC/C=C\C/C=C\C/C=C\C/C=C\C/C=C\C/C=C\C/C=C\CC)COC(OCC[N+](C)(C)C)C(=O)[O-]. The van der Waals surface area contributed by atoms with Crippen LogP contribution in [0.25, 0.3) is 0 Å². The van der Waals surface area contributed by atoms with Crippen LogP contribution in [-0.2, 0) is 33.3 Å². The lowest BCUT2D eigenvalue weighted by molar-refractivity contribution is -0.870. The molecule has 0 saturated carbocycles. The van der Waals surface area contributed by atoms with Gasteiger partial charge >= 0.3 is 11.9 Å². The van der Waals surface area contributed by atoms with Gasteiger partial charge in [-0.05, 0) is 135 Å². The molecule has 2 unspecified atom stereocenters. The van der Waals surface area contributed by atoms with Crippen molar-refractivity contribution in [1.82, 2.24) is 0 Å². The van der Waals surface area contributed by atoms with Gasteiger partial charge < -0.3 is 33.3 Å². The Labute approximate surface area is 507 Å². The molecule has 83 heavy (non-hydrogen) atoms. The van der Waals surface area contributed by atoms with Crippen LogP contribution >= 0.6 is 0 Å². The van der Waals surface area contributed by atoms with Gasteiger partial charge in [-0.15, -0.1) is 0 Å². The van der Waals surface area contributed by atoms with E-state index in [4.69, 9.17) is 18.9 Å². The van der Waals surface area contributed by atoms with Crippen molar-refractivity contribution in [1.29, 1.82) is 0 Å². The number of aliphatic carboxylic acids is 1. The first kappa shape index (κ1) is 77.4. The van der Waals surface area contributed by atoms with E-state index >= 15 is 0 Å². The molecule has 0 heterocycles. The van der Waals surface area contributed by atoms with Crippen molar-refractivity contribution >= 4 is 17.9 Å². The Morgan fingerprint density at radius 1 is 0.361 bits per heavy atom. The molecule has 0 radical (unpaired) electrons. The normalized spacial score (nSPS) is 14.0. The fourth-order valence-corrected chi connectivity index (χ4v) is 7.82. The molecule has 0 fully saturated rings.